The standard InChI is InChI=1S/C21H20ClF3N6/c22-14-4-3-5-15(12-14)30-8-10-31(11-9-30)20-18(26)19(27-13-28-20)29-17-7-2-1-6-16(17)21(23,24)25/h1-7,12-13H,8-11,26H2,(H,27,28,29). The van der Waals surface area contributed by atoms with Crippen LogP contribution in [0.1, 0.15) is 5.56 Å². The third-order valence-electron chi connectivity index (χ3n) is 5.10. The third kappa shape index (κ3) is 4.61. The van der Waals surface area contributed by atoms with Gasteiger partial charge < -0.3 is 20.9 Å². The average molecular weight is 449 g/mol. The summed E-state index contributed by atoms with van der Waals surface area (Å²) in [5.41, 5.74) is 6.58. The lowest BCUT2D eigenvalue weighted by atomic mass is 10.1. The minimum absolute atomic E-state index is 0.114. The molecule has 0 unspecified atom stereocenters. The number of aromatic nitrogens is 2. The van der Waals surface area contributed by atoms with Gasteiger partial charge in [-0.25, -0.2) is 9.97 Å². The topological polar surface area (TPSA) is 70.3 Å². The number of nitrogens with one attached hydrogen (secondary N) is 1. The number of nitrogen functional groups attached to an aromatic ring is 1. The molecule has 162 valence electrons. The number of hydrogen-bond donors (Lipinski definition) is 2. The molecule has 0 amide bonds. The van der Waals surface area contributed by atoms with Crippen LogP contribution in [0.2, 0.25) is 5.02 Å². The van der Waals surface area contributed by atoms with E-state index in [0.717, 1.165) is 24.8 Å². The van der Waals surface area contributed by atoms with E-state index < -0.39 is 11.7 Å². The molecule has 0 spiro atoms. The van der Waals surface area contributed by atoms with Crippen LogP contribution >= 0.6 is 11.6 Å². The van der Waals surface area contributed by atoms with Crippen LogP contribution in [0.25, 0.3) is 0 Å². The molecule has 1 aromatic heterocycles. The fourth-order valence-electron chi connectivity index (χ4n) is 3.55. The van der Waals surface area contributed by atoms with Crippen molar-refractivity contribution in [2.24, 2.45) is 0 Å². The first-order chi connectivity index (χ1) is 14.8. The molecule has 0 radical (unpaired) electrons. The van der Waals surface area contributed by atoms with Crippen LogP contribution in [0, 0.1) is 0 Å². The Balaban J connectivity index is 1.52. The minimum Gasteiger partial charge on any atom is -0.393 e. The molecule has 0 aliphatic carbocycles. The van der Waals surface area contributed by atoms with Crippen LogP contribution in [0.15, 0.2) is 54.9 Å². The molecule has 4 rings (SSSR count). The van der Waals surface area contributed by atoms with Crippen molar-refractivity contribution in [1.82, 2.24) is 9.97 Å². The molecule has 0 atom stereocenters. The van der Waals surface area contributed by atoms with Crippen molar-refractivity contribution in [3.05, 3.63) is 65.4 Å². The molecule has 1 saturated heterocycles. The number of alkyl halides is 3. The Labute approximate surface area is 182 Å². The van der Waals surface area contributed by atoms with Gasteiger partial charge in [0, 0.05) is 36.9 Å². The Morgan fingerprint density at radius 3 is 2.35 bits per heavy atom. The molecular formula is C21H20ClF3N6. The highest BCUT2D eigenvalue weighted by Crippen LogP contribution is 2.37. The fourth-order valence-corrected chi connectivity index (χ4v) is 3.74. The van der Waals surface area contributed by atoms with Gasteiger partial charge in [0.2, 0.25) is 0 Å². The smallest absolute Gasteiger partial charge is 0.393 e. The van der Waals surface area contributed by atoms with Crippen LogP contribution in [0.4, 0.5) is 41.9 Å². The van der Waals surface area contributed by atoms with E-state index in [2.05, 4.69) is 20.2 Å². The predicted molar refractivity (Wildman–Crippen MR) is 117 cm³/mol. The predicted octanol–water partition coefficient (Wildman–Crippen LogP) is 4.80. The molecule has 1 fully saturated rings. The molecule has 31 heavy (non-hydrogen) atoms. The number of anilines is 5. The lowest BCUT2D eigenvalue weighted by Gasteiger charge is -2.37. The van der Waals surface area contributed by atoms with E-state index in [1.165, 1.54) is 24.5 Å². The number of para-hydroxylation sites is 1. The second kappa shape index (κ2) is 8.50. The van der Waals surface area contributed by atoms with Gasteiger partial charge in [-0.1, -0.05) is 29.8 Å². The summed E-state index contributed by atoms with van der Waals surface area (Å²) in [5, 5.41) is 3.40. The lowest BCUT2D eigenvalue weighted by molar-refractivity contribution is -0.136. The number of halogens is 4. The van der Waals surface area contributed by atoms with E-state index in [4.69, 9.17) is 17.3 Å². The molecule has 2 aromatic carbocycles. The second-order valence-electron chi connectivity index (χ2n) is 7.08. The zero-order chi connectivity index (χ0) is 22.0. The van der Waals surface area contributed by atoms with Crippen molar-refractivity contribution < 1.29 is 13.2 Å². The van der Waals surface area contributed by atoms with Gasteiger partial charge in [0.1, 0.15) is 12.0 Å². The van der Waals surface area contributed by atoms with E-state index in [0.29, 0.717) is 23.9 Å². The molecule has 1 aliphatic heterocycles. The molecule has 0 bridgehead atoms. The number of benzene rings is 2. The quantitative estimate of drug-likeness (QED) is 0.597. The molecule has 2 heterocycles. The van der Waals surface area contributed by atoms with Crippen LogP contribution in [-0.4, -0.2) is 36.1 Å². The summed E-state index contributed by atoms with van der Waals surface area (Å²) in [7, 11) is 0. The van der Waals surface area contributed by atoms with E-state index in [1.807, 2.05) is 29.2 Å². The highest BCUT2D eigenvalue weighted by molar-refractivity contribution is 6.30. The van der Waals surface area contributed by atoms with Gasteiger partial charge in [-0.15, -0.1) is 0 Å². The monoisotopic (exact) mass is 448 g/mol. The summed E-state index contributed by atoms with van der Waals surface area (Å²) in [6, 6.07) is 12.9. The number of piperazine rings is 1. The number of nitrogens with zero attached hydrogens (tertiary/aromatic N) is 4. The summed E-state index contributed by atoms with van der Waals surface area (Å²) in [6.07, 6.45) is -3.20. The molecule has 1 aliphatic rings. The first-order valence-corrected chi connectivity index (χ1v) is 10.00. The first-order valence-electron chi connectivity index (χ1n) is 9.62. The van der Waals surface area contributed by atoms with E-state index in [9.17, 15) is 13.2 Å². The second-order valence-corrected chi connectivity index (χ2v) is 7.52. The summed E-state index contributed by atoms with van der Waals surface area (Å²) in [6.45, 7) is 2.74. The molecule has 6 nitrogen and oxygen atoms in total. The third-order valence-corrected chi connectivity index (χ3v) is 5.34. The maximum Gasteiger partial charge on any atom is 0.418 e. The summed E-state index contributed by atoms with van der Waals surface area (Å²) in [4.78, 5) is 12.5. The summed E-state index contributed by atoms with van der Waals surface area (Å²) in [5.74, 6) is 0.631. The molecule has 0 saturated carbocycles. The van der Waals surface area contributed by atoms with E-state index in [1.54, 1.807) is 0 Å². The largest absolute Gasteiger partial charge is 0.418 e. The summed E-state index contributed by atoms with van der Waals surface area (Å²) < 4.78 is 39.9. The molecule has 3 aromatic rings. The zero-order valence-electron chi connectivity index (χ0n) is 16.4. The maximum atomic E-state index is 13.3. The molecule has 10 heteroatoms. The normalized spacial score (nSPS) is 14.6. The van der Waals surface area contributed by atoms with Crippen LogP contribution < -0.4 is 20.9 Å². The lowest BCUT2D eigenvalue weighted by Crippen LogP contribution is -2.47. The maximum absolute atomic E-state index is 13.3. The van der Waals surface area contributed by atoms with Crippen LogP contribution in [-0.2, 0) is 6.18 Å². The average Bonchev–Trinajstić information content (AvgIpc) is 2.75. The fraction of sp³-hybridized carbons (Fsp3) is 0.238. The van der Waals surface area contributed by atoms with Gasteiger partial charge in [-0.05, 0) is 30.3 Å². The van der Waals surface area contributed by atoms with Gasteiger partial charge in [-0.2, -0.15) is 13.2 Å². The van der Waals surface area contributed by atoms with Gasteiger partial charge in [0.15, 0.2) is 11.6 Å². The van der Waals surface area contributed by atoms with Crippen molar-refractivity contribution in [2.75, 3.05) is 47.0 Å². The number of nitrogens with two attached hydrogens (primary N) is 1. The highest BCUT2D eigenvalue weighted by atomic mass is 35.5. The Morgan fingerprint density at radius 1 is 0.935 bits per heavy atom. The van der Waals surface area contributed by atoms with Crippen molar-refractivity contribution >= 4 is 40.3 Å². The summed E-state index contributed by atoms with van der Waals surface area (Å²) >= 11 is 6.08. The zero-order valence-corrected chi connectivity index (χ0v) is 17.2. The molecule has 3 N–H and O–H groups in total. The van der Waals surface area contributed by atoms with Gasteiger partial charge in [-0.3, -0.25) is 0 Å². The van der Waals surface area contributed by atoms with Crippen molar-refractivity contribution in [3.63, 3.8) is 0 Å². The Morgan fingerprint density at radius 2 is 1.65 bits per heavy atom. The molecular weight excluding hydrogens is 429 g/mol. The minimum atomic E-state index is -4.50. The van der Waals surface area contributed by atoms with Crippen LogP contribution in [0.3, 0.4) is 0 Å². The SMILES string of the molecule is Nc1c(Nc2ccccc2C(F)(F)F)ncnc1N1CCN(c2cccc(Cl)c2)CC1. The van der Waals surface area contributed by atoms with Crippen molar-refractivity contribution in [2.45, 2.75) is 6.18 Å². The number of hydrogen-bond acceptors (Lipinski definition) is 6. The van der Waals surface area contributed by atoms with Crippen molar-refractivity contribution in [3.8, 4) is 0 Å². The first kappa shape index (κ1) is 21.0. The Hall–Kier alpha value is -3.20. The van der Waals surface area contributed by atoms with Crippen LogP contribution in [0.5, 0.6) is 0 Å². The van der Waals surface area contributed by atoms with E-state index >= 15 is 0 Å². The van der Waals surface area contributed by atoms with Gasteiger partial charge >= 0.3 is 6.18 Å². The highest BCUT2D eigenvalue weighted by Gasteiger charge is 2.33. The van der Waals surface area contributed by atoms with E-state index in [-0.39, 0.29) is 17.2 Å². The number of rotatable bonds is 4. The van der Waals surface area contributed by atoms with Gasteiger partial charge in [0.05, 0.1) is 11.3 Å². The Kier molecular flexibility index (Phi) is 5.77. The van der Waals surface area contributed by atoms with Crippen molar-refractivity contribution in [1.29, 1.82) is 0 Å². The Bertz CT molecular complexity index is 1070. The van der Waals surface area contributed by atoms with Gasteiger partial charge in [0.25, 0.3) is 0 Å².